The van der Waals surface area contributed by atoms with Crippen molar-refractivity contribution >= 4 is 11.6 Å². The fraction of sp³-hybridized carbons (Fsp3) is 0.500. The Morgan fingerprint density at radius 1 is 1.40 bits per heavy atom. The van der Waals surface area contributed by atoms with Gasteiger partial charge in [0.1, 0.15) is 5.75 Å². The number of ether oxygens (including phenoxy) is 1. The molecule has 0 spiro atoms. The van der Waals surface area contributed by atoms with Gasteiger partial charge in [0.2, 0.25) is 0 Å². The van der Waals surface area contributed by atoms with Gasteiger partial charge in [-0.3, -0.25) is 0 Å². The van der Waals surface area contributed by atoms with E-state index < -0.39 is 0 Å². The highest BCUT2D eigenvalue weighted by molar-refractivity contribution is 6.31. The molecule has 0 aromatic heterocycles. The summed E-state index contributed by atoms with van der Waals surface area (Å²) in [5.41, 5.74) is 8.65. The third kappa shape index (κ3) is 1.62. The zero-order valence-corrected chi connectivity index (χ0v) is 9.31. The molecule has 2 N–H and O–H groups in total. The van der Waals surface area contributed by atoms with Crippen molar-refractivity contribution < 1.29 is 4.74 Å². The number of hydrogen-bond donors (Lipinski definition) is 1. The molecule has 0 radical (unpaired) electrons. The van der Waals surface area contributed by atoms with Crippen LogP contribution in [0.5, 0.6) is 5.75 Å². The van der Waals surface area contributed by atoms with E-state index in [0.29, 0.717) is 0 Å². The Morgan fingerprint density at radius 2 is 2.20 bits per heavy atom. The van der Waals surface area contributed by atoms with Gasteiger partial charge in [0, 0.05) is 22.5 Å². The molecule has 0 amide bonds. The smallest absolute Gasteiger partial charge is 0.123 e. The summed E-state index contributed by atoms with van der Waals surface area (Å²) in [6.07, 6.45) is 4.11. The van der Waals surface area contributed by atoms with Crippen LogP contribution in [0.1, 0.15) is 24.0 Å². The molecule has 1 aromatic rings. The number of fused-ring (bicyclic) bond motifs is 1. The van der Waals surface area contributed by atoms with Crippen molar-refractivity contribution in [3.8, 4) is 5.75 Å². The number of nitrogens with two attached hydrogens (primary N) is 1. The first-order chi connectivity index (χ1) is 7.18. The molecule has 1 heterocycles. The first-order valence-corrected chi connectivity index (χ1v) is 5.78. The van der Waals surface area contributed by atoms with Gasteiger partial charge >= 0.3 is 0 Å². The number of hydrogen-bond acceptors (Lipinski definition) is 2. The van der Waals surface area contributed by atoms with Crippen LogP contribution in [0, 0.1) is 0 Å². The molecule has 3 heteroatoms. The SMILES string of the molecule is NC1(Cc2c(Cl)ccc3c2CCO3)CC1. The molecule has 0 bridgehead atoms. The van der Waals surface area contributed by atoms with Gasteiger partial charge in [-0.15, -0.1) is 0 Å². The maximum atomic E-state index is 6.23. The van der Waals surface area contributed by atoms with Gasteiger partial charge in [-0.25, -0.2) is 0 Å². The van der Waals surface area contributed by atoms with Crippen LogP contribution in [-0.2, 0) is 12.8 Å². The fourth-order valence-corrected chi connectivity index (χ4v) is 2.44. The highest BCUT2D eigenvalue weighted by Crippen LogP contribution is 2.41. The minimum Gasteiger partial charge on any atom is -0.493 e. The average Bonchev–Trinajstić information content (AvgIpc) is 2.78. The standard InChI is InChI=1S/C12H14ClNO/c13-10-1-2-11-8(3-6-15-11)9(10)7-12(14)4-5-12/h1-2H,3-7,14H2. The predicted molar refractivity (Wildman–Crippen MR) is 60.5 cm³/mol. The first kappa shape index (κ1) is 9.49. The van der Waals surface area contributed by atoms with Crippen molar-refractivity contribution in [1.29, 1.82) is 0 Å². The number of benzene rings is 1. The molecule has 15 heavy (non-hydrogen) atoms. The van der Waals surface area contributed by atoms with Crippen LogP contribution in [0.25, 0.3) is 0 Å². The lowest BCUT2D eigenvalue weighted by molar-refractivity contribution is 0.357. The topological polar surface area (TPSA) is 35.2 Å². The van der Waals surface area contributed by atoms with Crippen molar-refractivity contribution in [2.45, 2.75) is 31.2 Å². The quantitative estimate of drug-likeness (QED) is 0.835. The highest BCUT2D eigenvalue weighted by atomic mass is 35.5. The molecule has 0 unspecified atom stereocenters. The molecule has 2 nitrogen and oxygen atoms in total. The monoisotopic (exact) mass is 223 g/mol. The lowest BCUT2D eigenvalue weighted by Gasteiger charge is -2.13. The van der Waals surface area contributed by atoms with Gasteiger partial charge in [0.15, 0.2) is 0 Å². The Labute approximate surface area is 94.4 Å². The predicted octanol–water partition coefficient (Wildman–Crippen LogP) is 2.31. The van der Waals surface area contributed by atoms with E-state index in [4.69, 9.17) is 22.1 Å². The van der Waals surface area contributed by atoms with Crippen molar-refractivity contribution in [2.75, 3.05) is 6.61 Å². The summed E-state index contributed by atoms with van der Waals surface area (Å²) < 4.78 is 5.53. The highest BCUT2D eigenvalue weighted by Gasteiger charge is 2.39. The Kier molecular flexibility index (Phi) is 1.98. The van der Waals surface area contributed by atoms with Crippen LogP contribution in [-0.4, -0.2) is 12.1 Å². The summed E-state index contributed by atoms with van der Waals surface area (Å²) in [6, 6.07) is 3.89. The van der Waals surface area contributed by atoms with E-state index >= 15 is 0 Å². The molecule has 1 fully saturated rings. The molecule has 2 aliphatic rings. The van der Waals surface area contributed by atoms with Crippen molar-refractivity contribution in [3.63, 3.8) is 0 Å². The number of rotatable bonds is 2. The Morgan fingerprint density at radius 3 is 2.93 bits per heavy atom. The molecule has 0 saturated heterocycles. The second-order valence-electron chi connectivity index (χ2n) is 4.64. The summed E-state index contributed by atoms with van der Waals surface area (Å²) in [5.74, 6) is 0.999. The third-order valence-corrected chi connectivity index (χ3v) is 3.72. The van der Waals surface area contributed by atoms with E-state index in [1.54, 1.807) is 0 Å². The second-order valence-corrected chi connectivity index (χ2v) is 5.05. The van der Waals surface area contributed by atoms with E-state index in [9.17, 15) is 0 Å². The third-order valence-electron chi connectivity index (χ3n) is 3.36. The van der Waals surface area contributed by atoms with Crippen LogP contribution < -0.4 is 10.5 Å². The lowest BCUT2D eigenvalue weighted by Crippen LogP contribution is -2.25. The molecule has 0 atom stereocenters. The molecule has 1 aliphatic heterocycles. The Bertz CT molecular complexity index is 412. The van der Waals surface area contributed by atoms with Gasteiger partial charge < -0.3 is 10.5 Å². The van der Waals surface area contributed by atoms with E-state index in [1.165, 1.54) is 11.1 Å². The van der Waals surface area contributed by atoms with Crippen molar-refractivity contribution in [3.05, 3.63) is 28.3 Å². The van der Waals surface area contributed by atoms with E-state index in [2.05, 4.69) is 0 Å². The minimum absolute atomic E-state index is 0.0152. The summed E-state index contributed by atoms with van der Waals surface area (Å²) in [4.78, 5) is 0. The average molecular weight is 224 g/mol. The van der Waals surface area contributed by atoms with Crippen LogP contribution >= 0.6 is 11.6 Å². The van der Waals surface area contributed by atoms with Crippen molar-refractivity contribution in [1.82, 2.24) is 0 Å². The molecule has 1 aromatic carbocycles. The maximum absolute atomic E-state index is 6.23. The molecular formula is C12H14ClNO. The van der Waals surface area contributed by atoms with E-state index in [0.717, 1.165) is 43.1 Å². The van der Waals surface area contributed by atoms with Crippen LogP contribution in [0.15, 0.2) is 12.1 Å². The molecular weight excluding hydrogens is 210 g/mol. The zero-order valence-electron chi connectivity index (χ0n) is 8.55. The zero-order chi connectivity index (χ0) is 10.5. The van der Waals surface area contributed by atoms with Gasteiger partial charge in [0.05, 0.1) is 6.61 Å². The van der Waals surface area contributed by atoms with Crippen molar-refractivity contribution in [2.24, 2.45) is 5.73 Å². The first-order valence-electron chi connectivity index (χ1n) is 5.40. The van der Waals surface area contributed by atoms with E-state index in [-0.39, 0.29) is 5.54 Å². The number of halogens is 1. The fourth-order valence-electron chi connectivity index (χ4n) is 2.20. The van der Waals surface area contributed by atoms with E-state index in [1.807, 2.05) is 12.1 Å². The molecule has 3 rings (SSSR count). The molecule has 1 saturated carbocycles. The summed E-state index contributed by atoms with van der Waals surface area (Å²) in [7, 11) is 0. The largest absolute Gasteiger partial charge is 0.493 e. The summed E-state index contributed by atoms with van der Waals surface area (Å²) in [5, 5.41) is 0.843. The van der Waals surface area contributed by atoms with Gasteiger partial charge in [0.25, 0.3) is 0 Å². The molecule has 80 valence electrons. The summed E-state index contributed by atoms with van der Waals surface area (Å²) >= 11 is 6.23. The van der Waals surface area contributed by atoms with Gasteiger partial charge in [-0.1, -0.05) is 11.6 Å². The Balaban J connectivity index is 2.01. The second kappa shape index (κ2) is 3.13. The molecule has 1 aliphatic carbocycles. The maximum Gasteiger partial charge on any atom is 0.123 e. The Hall–Kier alpha value is -0.730. The van der Waals surface area contributed by atoms with Gasteiger partial charge in [-0.05, 0) is 37.0 Å². The normalized spacial score (nSPS) is 20.9. The minimum atomic E-state index is 0.0152. The lowest BCUT2D eigenvalue weighted by atomic mass is 9.97. The van der Waals surface area contributed by atoms with Crippen LogP contribution in [0.4, 0.5) is 0 Å². The van der Waals surface area contributed by atoms with Crippen LogP contribution in [0.3, 0.4) is 0 Å². The summed E-state index contributed by atoms with van der Waals surface area (Å²) in [6.45, 7) is 0.778. The van der Waals surface area contributed by atoms with Crippen LogP contribution in [0.2, 0.25) is 5.02 Å². The van der Waals surface area contributed by atoms with Gasteiger partial charge in [-0.2, -0.15) is 0 Å².